The number of rotatable bonds is 4. The summed E-state index contributed by atoms with van der Waals surface area (Å²) >= 11 is 1.65. The van der Waals surface area contributed by atoms with Crippen LogP contribution in [0.25, 0.3) is 0 Å². The van der Waals surface area contributed by atoms with E-state index in [2.05, 4.69) is 15.7 Å². The lowest BCUT2D eigenvalue weighted by Gasteiger charge is -2.24. The van der Waals surface area contributed by atoms with Crippen molar-refractivity contribution in [2.24, 2.45) is 0 Å². The van der Waals surface area contributed by atoms with Crippen LogP contribution in [0.4, 0.5) is 4.79 Å². The molecule has 0 bridgehead atoms. The van der Waals surface area contributed by atoms with E-state index in [0.29, 0.717) is 18.6 Å². The van der Waals surface area contributed by atoms with Crippen LogP contribution in [0.2, 0.25) is 0 Å². The Morgan fingerprint density at radius 1 is 1.42 bits per heavy atom. The van der Waals surface area contributed by atoms with E-state index < -0.39 is 0 Å². The molecule has 1 aromatic rings. The predicted molar refractivity (Wildman–Crippen MR) is 76.2 cm³/mol. The van der Waals surface area contributed by atoms with E-state index in [1.807, 2.05) is 11.8 Å². The molecule has 2 saturated carbocycles. The smallest absolute Gasteiger partial charge is 0.318 e. The number of carbonyl (C=O) groups is 1. The Bertz CT molecular complexity index is 449. The molecule has 2 aliphatic rings. The van der Waals surface area contributed by atoms with Crippen molar-refractivity contribution in [3.63, 3.8) is 0 Å². The van der Waals surface area contributed by atoms with Gasteiger partial charge in [0.25, 0.3) is 0 Å². The lowest BCUT2D eigenvalue weighted by molar-refractivity contribution is 0.187. The summed E-state index contributed by atoms with van der Waals surface area (Å²) in [6, 6.07) is 0.939. The topological polar surface area (TPSA) is 45.2 Å². The van der Waals surface area contributed by atoms with Crippen molar-refractivity contribution in [2.45, 2.75) is 64.1 Å². The largest absolute Gasteiger partial charge is 0.335 e. The normalized spacial score (nSPS) is 19.6. The number of aryl methyl sites for hydroxylation is 1. The van der Waals surface area contributed by atoms with Gasteiger partial charge in [-0.2, -0.15) is 0 Å². The van der Waals surface area contributed by atoms with Crippen LogP contribution in [-0.2, 0) is 6.54 Å². The van der Waals surface area contributed by atoms with E-state index in [4.69, 9.17) is 0 Å². The van der Waals surface area contributed by atoms with E-state index in [1.54, 1.807) is 11.3 Å². The van der Waals surface area contributed by atoms with Crippen LogP contribution < -0.4 is 5.32 Å². The first-order valence-corrected chi connectivity index (χ1v) is 8.08. The molecule has 1 heterocycles. The van der Waals surface area contributed by atoms with Crippen LogP contribution >= 0.6 is 11.3 Å². The van der Waals surface area contributed by atoms with E-state index in [1.165, 1.54) is 12.8 Å². The number of nitrogens with zero attached hydrogens (tertiary/aromatic N) is 2. The molecule has 5 heteroatoms. The summed E-state index contributed by atoms with van der Waals surface area (Å²) in [5, 5.41) is 6.32. The third-order valence-electron chi connectivity index (χ3n) is 3.93. The molecule has 1 N–H and O–H groups in total. The Kier molecular flexibility index (Phi) is 3.73. The second kappa shape index (κ2) is 5.49. The summed E-state index contributed by atoms with van der Waals surface area (Å²) in [5.41, 5.74) is 1.02. The standard InChI is InChI=1S/C14H21N3OS/c1-10-15-12(9-19-10)8-17(13-6-7-13)14(18)16-11-4-2-3-5-11/h9,11,13H,2-8H2,1H3,(H,16,18). The van der Waals surface area contributed by atoms with E-state index in [9.17, 15) is 4.79 Å². The van der Waals surface area contributed by atoms with Gasteiger partial charge in [0, 0.05) is 17.5 Å². The van der Waals surface area contributed by atoms with Crippen LogP contribution in [0.1, 0.15) is 49.2 Å². The average molecular weight is 279 g/mol. The van der Waals surface area contributed by atoms with Crippen LogP contribution in [0.5, 0.6) is 0 Å². The minimum atomic E-state index is 0.111. The molecule has 4 nitrogen and oxygen atoms in total. The Morgan fingerprint density at radius 3 is 2.74 bits per heavy atom. The molecule has 1 aromatic heterocycles. The molecule has 0 saturated heterocycles. The highest BCUT2D eigenvalue weighted by molar-refractivity contribution is 7.09. The van der Waals surface area contributed by atoms with Crippen molar-refractivity contribution in [1.82, 2.24) is 15.2 Å². The molecule has 0 aromatic carbocycles. The van der Waals surface area contributed by atoms with Crippen molar-refractivity contribution in [3.05, 3.63) is 16.1 Å². The SMILES string of the molecule is Cc1nc(CN(C(=O)NC2CCCC2)C2CC2)cs1. The fourth-order valence-corrected chi connectivity index (χ4v) is 3.34. The van der Waals surface area contributed by atoms with Crippen molar-refractivity contribution < 1.29 is 4.79 Å². The average Bonchev–Trinajstić information content (AvgIpc) is 2.94. The lowest BCUT2D eigenvalue weighted by atomic mass is 10.2. The number of aromatic nitrogens is 1. The maximum Gasteiger partial charge on any atom is 0.318 e. The predicted octanol–water partition coefficient (Wildman–Crippen LogP) is 3.07. The molecular formula is C14H21N3OS. The van der Waals surface area contributed by atoms with Crippen LogP contribution in [0, 0.1) is 6.92 Å². The second-order valence-electron chi connectivity index (χ2n) is 5.65. The molecule has 104 valence electrons. The van der Waals surface area contributed by atoms with Gasteiger partial charge in [-0.25, -0.2) is 9.78 Å². The summed E-state index contributed by atoms with van der Waals surface area (Å²) in [4.78, 5) is 18.8. The van der Waals surface area contributed by atoms with Gasteiger partial charge < -0.3 is 10.2 Å². The fourth-order valence-electron chi connectivity index (χ4n) is 2.74. The molecule has 0 atom stereocenters. The van der Waals surface area contributed by atoms with Gasteiger partial charge in [-0.3, -0.25) is 0 Å². The number of hydrogen-bond acceptors (Lipinski definition) is 3. The molecule has 3 rings (SSSR count). The van der Waals surface area contributed by atoms with Crippen LogP contribution in [-0.4, -0.2) is 28.0 Å². The number of carbonyl (C=O) groups excluding carboxylic acids is 1. The van der Waals surface area contributed by atoms with Gasteiger partial charge >= 0.3 is 6.03 Å². The first-order valence-electron chi connectivity index (χ1n) is 7.20. The van der Waals surface area contributed by atoms with Gasteiger partial charge in [-0.05, 0) is 32.6 Å². The number of nitrogens with one attached hydrogen (secondary N) is 1. The Morgan fingerprint density at radius 2 is 2.16 bits per heavy atom. The van der Waals surface area contributed by atoms with Gasteiger partial charge in [0.1, 0.15) is 0 Å². The highest BCUT2D eigenvalue weighted by Crippen LogP contribution is 2.29. The third-order valence-corrected chi connectivity index (χ3v) is 4.75. The summed E-state index contributed by atoms with van der Waals surface area (Å²) in [7, 11) is 0. The monoisotopic (exact) mass is 279 g/mol. The fraction of sp³-hybridized carbons (Fsp3) is 0.714. The molecular weight excluding hydrogens is 258 g/mol. The minimum Gasteiger partial charge on any atom is -0.335 e. The Labute approximate surface area is 118 Å². The maximum atomic E-state index is 12.4. The summed E-state index contributed by atoms with van der Waals surface area (Å²) in [6.45, 7) is 2.67. The molecule has 0 spiro atoms. The van der Waals surface area contributed by atoms with Gasteiger partial charge in [0.05, 0.1) is 17.2 Å². The third kappa shape index (κ3) is 3.26. The zero-order valence-electron chi connectivity index (χ0n) is 11.4. The van der Waals surface area contributed by atoms with Crippen molar-refractivity contribution in [2.75, 3.05) is 0 Å². The first-order chi connectivity index (χ1) is 9.22. The van der Waals surface area contributed by atoms with Gasteiger partial charge in [0.2, 0.25) is 0 Å². The maximum absolute atomic E-state index is 12.4. The molecule has 19 heavy (non-hydrogen) atoms. The zero-order valence-corrected chi connectivity index (χ0v) is 12.2. The number of thiazole rings is 1. The Hall–Kier alpha value is -1.10. The summed E-state index contributed by atoms with van der Waals surface area (Å²) in [6.07, 6.45) is 7.06. The number of hydrogen-bond donors (Lipinski definition) is 1. The first kappa shape index (κ1) is 12.9. The molecule has 0 unspecified atom stereocenters. The second-order valence-corrected chi connectivity index (χ2v) is 6.71. The van der Waals surface area contributed by atoms with Crippen molar-refractivity contribution in [3.8, 4) is 0 Å². The van der Waals surface area contributed by atoms with Crippen LogP contribution in [0.15, 0.2) is 5.38 Å². The van der Waals surface area contributed by atoms with Gasteiger partial charge in [-0.1, -0.05) is 12.8 Å². The molecule has 2 fully saturated rings. The molecule has 0 aliphatic heterocycles. The quantitative estimate of drug-likeness (QED) is 0.920. The highest BCUT2D eigenvalue weighted by atomic mass is 32.1. The summed E-state index contributed by atoms with van der Waals surface area (Å²) in [5.74, 6) is 0. The highest BCUT2D eigenvalue weighted by Gasteiger charge is 2.34. The van der Waals surface area contributed by atoms with Crippen molar-refractivity contribution in [1.29, 1.82) is 0 Å². The summed E-state index contributed by atoms with van der Waals surface area (Å²) < 4.78 is 0. The zero-order chi connectivity index (χ0) is 13.2. The van der Waals surface area contributed by atoms with E-state index >= 15 is 0 Å². The van der Waals surface area contributed by atoms with E-state index in [0.717, 1.165) is 36.4 Å². The molecule has 0 radical (unpaired) electrons. The minimum absolute atomic E-state index is 0.111. The van der Waals surface area contributed by atoms with Crippen LogP contribution in [0.3, 0.4) is 0 Å². The molecule has 2 amide bonds. The van der Waals surface area contributed by atoms with Gasteiger partial charge in [0.15, 0.2) is 0 Å². The van der Waals surface area contributed by atoms with E-state index in [-0.39, 0.29) is 6.03 Å². The number of amides is 2. The van der Waals surface area contributed by atoms with Crippen molar-refractivity contribution >= 4 is 17.4 Å². The lowest BCUT2D eigenvalue weighted by Crippen LogP contribution is -2.44. The molecule has 2 aliphatic carbocycles. The van der Waals surface area contributed by atoms with Gasteiger partial charge in [-0.15, -0.1) is 11.3 Å². The number of urea groups is 1. The Balaban J connectivity index is 1.61.